The molecule has 254 valence electrons. The highest BCUT2D eigenvalue weighted by molar-refractivity contribution is 6.09. The van der Waals surface area contributed by atoms with Gasteiger partial charge in [0.25, 0.3) is 0 Å². The number of fused-ring (bicyclic) bond motifs is 5. The van der Waals surface area contributed by atoms with E-state index in [1.807, 2.05) is 30.3 Å². The van der Waals surface area contributed by atoms with E-state index in [9.17, 15) is 40.2 Å². The topological polar surface area (TPSA) is 174 Å². The van der Waals surface area contributed by atoms with Crippen LogP contribution >= 0.6 is 0 Å². The molecule has 7 rings (SSSR count). The molecule has 0 amide bonds. The van der Waals surface area contributed by atoms with Gasteiger partial charge in [-0.05, 0) is 70.9 Å². The van der Waals surface area contributed by atoms with Gasteiger partial charge in [-0.25, -0.2) is 4.79 Å². The Morgan fingerprint density at radius 2 is 1.61 bits per heavy atom. The van der Waals surface area contributed by atoms with E-state index in [0.29, 0.717) is 5.56 Å². The lowest BCUT2D eigenvalue weighted by atomic mass is 9.61. The zero-order valence-electron chi connectivity index (χ0n) is 26.7. The van der Waals surface area contributed by atoms with Gasteiger partial charge in [0, 0.05) is 12.3 Å². The molecular weight excluding hydrogens is 628 g/mol. The van der Waals surface area contributed by atoms with Crippen molar-refractivity contribution >= 4 is 22.5 Å². The van der Waals surface area contributed by atoms with Crippen LogP contribution in [0.15, 0.2) is 84.9 Å². The van der Waals surface area contributed by atoms with Crippen LogP contribution in [-0.2, 0) is 4.74 Å². The number of hydrogen-bond donors (Lipinski definition) is 6. The Kier molecular flexibility index (Phi) is 8.76. The first kappa shape index (κ1) is 32.9. The molecule has 3 aliphatic rings. The molecule has 1 fully saturated rings. The highest BCUT2D eigenvalue weighted by Gasteiger charge is 2.45. The predicted octanol–water partition coefficient (Wildman–Crippen LogP) is 4.54. The highest BCUT2D eigenvalue weighted by atomic mass is 16.7. The SMILES string of the molecule is Cc1cc2cc(C(=O)O)cc(O[C@H]3O[C@H](CO)[C@@H](O)[C@H](O)[C@H]3O)c2c(O)c1C(=O)C[C@H]1c2ccccc2[C@H]2C[C@H]1C=C[C@@H]2c1ccccc1. The average molecular weight is 667 g/mol. The number of rotatable bonds is 8. The summed E-state index contributed by atoms with van der Waals surface area (Å²) in [5.41, 5.74) is 3.88. The number of aryl methyl sites for hydroxylation is 1. The Hall–Kier alpha value is -4.58. The van der Waals surface area contributed by atoms with Crippen molar-refractivity contribution in [2.45, 2.75) is 68.2 Å². The Bertz CT molecular complexity index is 1940. The maximum absolute atomic E-state index is 14.3. The summed E-state index contributed by atoms with van der Waals surface area (Å²) in [6, 6.07) is 22.7. The third-order valence-electron chi connectivity index (χ3n) is 10.4. The van der Waals surface area contributed by atoms with E-state index in [1.165, 1.54) is 17.2 Å². The van der Waals surface area contributed by atoms with Crippen molar-refractivity contribution in [2.75, 3.05) is 6.61 Å². The summed E-state index contributed by atoms with van der Waals surface area (Å²) in [4.78, 5) is 26.3. The lowest BCUT2D eigenvalue weighted by molar-refractivity contribution is -0.277. The lowest BCUT2D eigenvalue weighted by Gasteiger charge is -2.43. The van der Waals surface area contributed by atoms with Crippen molar-refractivity contribution in [3.05, 3.63) is 118 Å². The summed E-state index contributed by atoms with van der Waals surface area (Å²) >= 11 is 0. The molecule has 2 aliphatic carbocycles. The number of aliphatic hydroxyl groups is 4. The second-order valence-electron chi connectivity index (χ2n) is 13.3. The number of ether oxygens (including phenoxy) is 2. The Morgan fingerprint density at radius 3 is 2.33 bits per heavy atom. The van der Waals surface area contributed by atoms with E-state index in [4.69, 9.17) is 9.47 Å². The maximum atomic E-state index is 14.3. The molecule has 10 heteroatoms. The van der Waals surface area contributed by atoms with Gasteiger partial charge in [-0.15, -0.1) is 0 Å². The first-order valence-corrected chi connectivity index (χ1v) is 16.4. The molecule has 0 spiro atoms. The normalized spacial score (nSPS) is 29.0. The zero-order valence-corrected chi connectivity index (χ0v) is 26.7. The van der Waals surface area contributed by atoms with Crippen molar-refractivity contribution in [2.24, 2.45) is 5.92 Å². The number of allylic oxidation sites excluding steroid dienone is 2. The van der Waals surface area contributed by atoms with Crippen LogP contribution in [0.25, 0.3) is 10.8 Å². The predicted molar refractivity (Wildman–Crippen MR) is 179 cm³/mol. The fourth-order valence-electron chi connectivity index (χ4n) is 8.01. The van der Waals surface area contributed by atoms with E-state index in [0.717, 1.165) is 18.1 Å². The number of aromatic hydroxyl groups is 1. The average Bonchev–Trinajstić information content (AvgIpc) is 3.10. The molecule has 10 nitrogen and oxygen atoms in total. The van der Waals surface area contributed by atoms with E-state index < -0.39 is 49.0 Å². The summed E-state index contributed by atoms with van der Waals surface area (Å²) in [7, 11) is 0. The van der Waals surface area contributed by atoms with Crippen molar-refractivity contribution in [3.63, 3.8) is 0 Å². The molecule has 0 saturated carbocycles. The quantitative estimate of drug-likeness (QED) is 0.116. The van der Waals surface area contributed by atoms with Crippen molar-refractivity contribution in [1.29, 1.82) is 0 Å². The number of benzene rings is 4. The monoisotopic (exact) mass is 666 g/mol. The van der Waals surface area contributed by atoms with E-state index in [1.54, 1.807) is 13.0 Å². The van der Waals surface area contributed by atoms with E-state index in [2.05, 4.69) is 36.4 Å². The van der Waals surface area contributed by atoms with Crippen LogP contribution in [0.1, 0.15) is 73.6 Å². The number of aromatic carboxylic acids is 1. The van der Waals surface area contributed by atoms with Crippen molar-refractivity contribution < 1.29 is 49.7 Å². The first-order chi connectivity index (χ1) is 23.6. The molecule has 9 atom stereocenters. The number of carbonyl (C=O) groups excluding carboxylic acids is 1. The molecule has 0 radical (unpaired) electrons. The number of Topliss-reactive ketones (excluding diaryl/α,β-unsaturated/α-hetero) is 1. The van der Waals surface area contributed by atoms with Crippen LogP contribution in [0.4, 0.5) is 0 Å². The fraction of sp³-hybridized carbons (Fsp3) is 0.333. The molecule has 1 saturated heterocycles. The van der Waals surface area contributed by atoms with E-state index in [-0.39, 0.29) is 63.5 Å². The second kappa shape index (κ2) is 13.0. The van der Waals surface area contributed by atoms with Crippen LogP contribution in [0.3, 0.4) is 0 Å². The largest absolute Gasteiger partial charge is 0.506 e. The van der Waals surface area contributed by atoms with Gasteiger partial charge in [0.1, 0.15) is 35.9 Å². The summed E-state index contributed by atoms with van der Waals surface area (Å²) in [6.07, 6.45) is -2.62. The number of phenolic OH excluding ortho intramolecular Hbond substituents is 1. The molecule has 0 unspecified atom stereocenters. The van der Waals surface area contributed by atoms with Gasteiger partial charge >= 0.3 is 5.97 Å². The number of carboxylic acid groups (broad SMARTS) is 1. The third kappa shape index (κ3) is 5.79. The summed E-state index contributed by atoms with van der Waals surface area (Å²) in [6.45, 7) is 0.978. The van der Waals surface area contributed by atoms with Crippen LogP contribution in [-0.4, -0.2) is 79.7 Å². The van der Waals surface area contributed by atoms with Gasteiger partial charge in [0.2, 0.25) is 6.29 Å². The fourth-order valence-corrected chi connectivity index (χ4v) is 8.01. The van der Waals surface area contributed by atoms with Crippen molar-refractivity contribution in [3.8, 4) is 11.5 Å². The number of phenols is 1. The van der Waals surface area contributed by atoms with Gasteiger partial charge in [0.05, 0.1) is 23.1 Å². The maximum Gasteiger partial charge on any atom is 0.335 e. The molecule has 4 aromatic rings. The minimum atomic E-state index is -1.78. The Labute approximate surface area is 282 Å². The Balaban J connectivity index is 1.25. The van der Waals surface area contributed by atoms with Gasteiger partial charge in [-0.1, -0.05) is 72.8 Å². The van der Waals surface area contributed by atoms with Crippen LogP contribution in [0.2, 0.25) is 0 Å². The first-order valence-electron chi connectivity index (χ1n) is 16.4. The van der Waals surface area contributed by atoms with Crippen LogP contribution in [0, 0.1) is 12.8 Å². The molecule has 2 bridgehead atoms. The molecule has 1 aliphatic heterocycles. The molecule has 6 N–H and O–H groups in total. The number of ketones is 1. The summed E-state index contributed by atoms with van der Waals surface area (Å²) < 4.78 is 11.4. The van der Waals surface area contributed by atoms with Crippen LogP contribution in [0.5, 0.6) is 11.5 Å². The standard InChI is InChI=1S/C39H38O10/c1-19-13-22-14-23(38(46)47)16-30(48-39-37(45)36(44)34(42)31(18-40)49-39)33(22)35(43)32(19)29(41)17-27-21-11-12-24(20-7-3-2-4-8-20)28(15-21)26-10-6-5-9-25(26)27/h2-14,16,21,24,27-28,31,34,36-37,39-40,42-45H,15,17-18H2,1H3,(H,46,47)/t21-,24-,27-,28+,31-,34-,36+,37-,39+/m1/s1. The second-order valence-corrected chi connectivity index (χ2v) is 13.3. The summed E-state index contributed by atoms with van der Waals surface area (Å²) in [5.74, 6) is -1.77. The number of carboxylic acids is 1. The Morgan fingerprint density at radius 1 is 0.898 bits per heavy atom. The van der Waals surface area contributed by atoms with Crippen LogP contribution < -0.4 is 4.74 Å². The van der Waals surface area contributed by atoms with Gasteiger partial charge in [0.15, 0.2) is 5.78 Å². The van der Waals surface area contributed by atoms with Gasteiger partial charge in [-0.3, -0.25) is 4.79 Å². The smallest absolute Gasteiger partial charge is 0.335 e. The van der Waals surface area contributed by atoms with Gasteiger partial charge in [-0.2, -0.15) is 0 Å². The zero-order chi connectivity index (χ0) is 34.6. The third-order valence-corrected chi connectivity index (χ3v) is 10.4. The molecule has 4 aromatic carbocycles. The van der Waals surface area contributed by atoms with E-state index >= 15 is 0 Å². The molecule has 1 heterocycles. The molecular formula is C39H38O10. The van der Waals surface area contributed by atoms with Crippen molar-refractivity contribution in [1.82, 2.24) is 0 Å². The van der Waals surface area contributed by atoms with Gasteiger partial charge < -0.3 is 40.1 Å². The lowest BCUT2D eigenvalue weighted by Crippen LogP contribution is -2.60. The minimum absolute atomic E-state index is 0.0169. The molecule has 0 aromatic heterocycles. The minimum Gasteiger partial charge on any atom is -0.506 e. The number of hydrogen-bond acceptors (Lipinski definition) is 9. The summed E-state index contributed by atoms with van der Waals surface area (Å²) in [5, 5.41) is 62.6. The molecule has 49 heavy (non-hydrogen) atoms. The highest BCUT2D eigenvalue weighted by Crippen LogP contribution is 2.54. The number of carbonyl (C=O) groups is 2. The number of aliphatic hydroxyl groups excluding tert-OH is 4.